The zero-order valence-electron chi connectivity index (χ0n) is 12.0. The number of thiophene rings is 1. The van der Waals surface area contributed by atoms with E-state index in [4.69, 9.17) is 17.0 Å². The maximum Gasteiger partial charge on any atom is 0.341 e. The van der Waals surface area contributed by atoms with Crippen LogP contribution >= 0.6 is 23.6 Å². The summed E-state index contributed by atoms with van der Waals surface area (Å²) in [6.07, 6.45) is 4.09. The number of carbonyl (C=O) groups is 1. The average molecular weight is 312 g/mol. The highest BCUT2D eigenvalue weighted by atomic mass is 32.1. The molecule has 1 aliphatic carbocycles. The number of carbonyl (C=O) groups excluding carboxylic acids is 1. The molecule has 0 fully saturated rings. The molecule has 110 valence electrons. The van der Waals surface area contributed by atoms with E-state index < -0.39 is 0 Å². The second-order valence-electron chi connectivity index (χ2n) is 4.96. The van der Waals surface area contributed by atoms with Gasteiger partial charge in [0.15, 0.2) is 5.11 Å². The van der Waals surface area contributed by atoms with Crippen molar-refractivity contribution in [3.05, 3.63) is 16.0 Å². The minimum absolute atomic E-state index is 0.279. The van der Waals surface area contributed by atoms with Crippen LogP contribution in [0.3, 0.4) is 0 Å². The summed E-state index contributed by atoms with van der Waals surface area (Å²) in [7, 11) is 1.42. The lowest BCUT2D eigenvalue weighted by Crippen LogP contribution is -2.35. The number of thiocarbonyl (C=S) groups is 1. The molecule has 0 saturated heterocycles. The first kappa shape index (κ1) is 15.3. The molecule has 1 atom stereocenters. The standard InChI is InChI=1S/C14H20N2O2S2/c1-4-8(2)15-14(19)16-12-11(13(17)18-3)9-6-5-7-10(9)20-12/h8H,4-7H2,1-3H3,(H2,15,16,19). The van der Waals surface area contributed by atoms with Gasteiger partial charge in [0.05, 0.1) is 12.7 Å². The summed E-state index contributed by atoms with van der Waals surface area (Å²) in [4.78, 5) is 13.3. The molecular formula is C14H20N2O2S2. The minimum atomic E-state index is -0.279. The molecule has 1 heterocycles. The SMILES string of the molecule is CCC(C)NC(=S)Nc1sc2c(c1C(=O)OC)CCC2. The van der Waals surface area contributed by atoms with Gasteiger partial charge in [0.2, 0.25) is 0 Å². The molecule has 0 aromatic carbocycles. The summed E-state index contributed by atoms with van der Waals surface area (Å²) in [5.74, 6) is -0.279. The molecule has 0 radical (unpaired) electrons. The summed E-state index contributed by atoms with van der Waals surface area (Å²) < 4.78 is 4.91. The highest BCUT2D eigenvalue weighted by Crippen LogP contribution is 2.39. The van der Waals surface area contributed by atoms with Crippen molar-refractivity contribution < 1.29 is 9.53 Å². The van der Waals surface area contributed by atoms with Gasteiger partial charge in [-0.25, -0.2) is 4.79 Å². The Balaban J connectivity index is 2.19. The predicted molar refractivity (Wildman–Crippen MR) is 86.8 cm³/mol. The molecule has 20 heavy (non-hydrogen) atoms. The van der Waals surface area contributed by atoms with Crippen LogP contribution in [0.4, 0.5) is 5.00 Å². The van der Waals surface area contributed by atoms with E-state index in [0.29, 0.717) is 16.7 Å². The number of esters is 1. The number of fused-ring (bicyclic) bond motifs is 1. The monoisotopic (exact) mass is 312 g/mol. The van der Waals surface area contributed by atoms with Gasteiger partial charge in [-0.1, -0.05) is 6.92 Å². The topological polar surface area (TPSA) is 50.4 Å². The lowest BCUT2D eigenvalue weighted by Gasteiger charge is -2.15. The van der Waals surface area contributed by atoms with Crippen molar-refractivity contribution in [1.29, 1.82) is 0 Å². The van der Waals surface area contributed by atoms with E-state index in [9.17, 15) is 4.79 Å². The first-order chi connectivity index (χ1) is 9.56. The summed E-state index contributed by atoms with van der Waals surface area (Å²) in [5, 5.41) is 7.73. The van der Waals surface area contributed by atoms with Crippen LogP contribution in [0, 0.1) is 0 Å². The largest absolute Gasteiger partial charge is 0.465 e. The molecule has 0 bridgehead atoms. The molecule has 4 nitrogen and oxygen atoms in total. The van der Waals surface area contributed by atoms with Gasteiger partial charge >= 0.3 is 5.97 Å². The molecule has 1 aromatic heterocycles. The van der Waals surface area contributed by atoms with Gasteiger partial charge in [0.25, 0.3) is 0 Å². The Morgan fingerprint density at radius 2 is 2.25 bits per heavy atom. The number of nitrogens with one attached hydrogen (secondary N) is 2. The van der Waals surface area contributed by atoms with Gasteiger partial charge in [-0.3, -0.25) is 0 Å². The summed E-state index contributed by atoms with van der Waals surface area (Å²) in [6, 6.07) is 0.309. The fourth-order valence-electron chi connectivity index (χ4n) is 2.28. The maximum absolute atomic E-state index is 12.0. The lowest BCUT2D eigenvalue weighted by atomic mass is 10.1. The number of hydrogen-bond donors (Lipinski definition) is 2. The molecule has 0 aliphatic heterocycles. The summed E-state index contributed by atoms with van der Waals surface area (Å²) >= 11 is 6.92. The van der Waals surface area contributed by atoms with Crippen LogP contribution in [0.5, 0.6) is 0 Å². The van der Waals surface area contributed by atoms with E-state index >= 15 is 0 Å². The smallest absolute Gasteiger partial charge is 0.341 e. The van der Waals surface area contributed by atoms with Crippen molar-refractivity contribution >= 4 is 39.6 Å². The molecule has 0 spiro atoms. The molecular weight excluding hydrogens is 292 g/mol. The van der Waals surface area contributed by atoms with Crippen LogP contribution in [0.2, 0.25) is 0 Å². The van der Waals surface area contributed by atoms with Crippen molar-refractivity contribution in [2.45, 2.75) is 45.6 Å². The fourth-order valence-corrected chi connectivity index (χ4v) is 3.93. The third-order valence-corrected chi connectivity index (χ3v) is 4.95. The van der Waals surface area contributed by atoms with Gasteiger partial charge in [0.1, 0.15) is 5.00 Å². The lowest BCUT2D eigenvalue weighted by molar-refractivity contribution is 0.0601. The van der Waals surface area contributed by atoms with E-state index in [-0.39, 0.29) is 5.97 Å². The molecule has 1 unspecified atom stereocenters. The fraction of sp³-hybridized carbons (Fsp3) is 0.571. The third kappa shape index (κ3) is 3.12. The third-order valence-electron chi connectivity index (χ3n) is 3.53. The predicted octanol–water partition coefficient (Wildman–Crippen LogP) is 3.11. The first-order valence-electron chi connectivity index (χ1n) is 6.87. The quantitative estimate of drug-likeness (QED) is 0.661. The second-order valence-corrected chi connectivity index (χ2v) is 6.47. The number of hydrogen-bond acceptors (Lipinski definition) is 4. The Labute approximate surface area is 128 Å². The van der Waals surface area contributed by atoms with Gasteiger partial charge in [-0.2, -0.15) is 0 Å². The molecule has 1 aromatic rings. The Bertz CT molecular complexity index is 525. The van der Waals surface area contributed by atoms with Crippen molar-refractivity contribution in [3.8, 4) is 0 Å². The molecule has 1 aliphatic rings. The van der Waals surface area contributed by atoms with E-state index in [1.54, 1.807) is 11.3 Å². The van der Waals surface area contributed by atoms with Gasteiger partial charge in [-0.05, 0) is 50.4 Å². The maximum atomic E-state index is 12.0. The molecule has 0 amide bonds. The normalized spacial score (nSPS) is 14.6. The Hall–Kier alpha value is -1.14. The van der Waals surface area contributed by atoms with Gasteiger partial charge < -0.3 is 15.4 Å². The van der Waals surface area contributed by atoms with Crippen molar-refractivity contribution in [3.63, 3.8) is 0 Å². The van der Waals surface area contributed by atoms with Crippen molar-refractivity contribution in [2.24, 2.45) is 0 Å². The molecule has 2 N–H and O–H groups in total. The zero-order valence-corrected chi connectivity index (χ0v) is 13.7. The van der Waals surface area contributed by atoms with E-state index in [0.717, 1.165) is 36.2 Å². The van der Waals surface area contributed by atoms with Gasteiger partial charge in [0, 0.05) is 10.9 Å². The van der Waals surface area contributed by atoms with Crippen LogP contribution in [-0.2, 0) is 17.6 Å². The molecule has 2 rings (SSSR count). The second kappa shape index (κ2) is 6.54. The number of aryl methyl sites for hydroxylation is 1. The minimum Gasteiger partial charge on any atom is -0.465 e. The van der Waals surface area contributed by atoms with Crippen LogP contribution < -0.4 is 10.6 Å². The van der Waals surface area contributed by atoms with E-state index in [1.807, 2.05) is 0 Å². The Morgan fingerprint density at radius 3 is 2.90 bits per heavy atom. The highest BCUT2D eigenvalue weighted by Gasteiger charge is 2.27. The van der Waals surface area contributed by atoms with E-state index in [2.05, 4.69) is 24.5 Å². The van der Waals surface area contributed by atoms with E-state index in [1.165, 1.54) is 12.0 Å². The highest BCUT2D eigenvalue weighted by molar-refractivity contribution is 7.80. The average Bonchev–Trinajstić information content (AvgIpc) is 2.97. The Kier molecular flexibility index (Phi) is 4.99. The number of ether oxygens (including phenoxy) is 1. The van der Waals surface area contributed by atoms with Gasteiger partial charge in [-0.15, -0.1) is 11.3 Å². The molecule has 0 saturated carbocycles. The summed E-state index contributed by atoms with van der Waals surface area (Å²) in [6.45, 7) is 4.17. The van der Waals surface area contributed by atoms with Crippen molar-refractivity contribution in [2.75, 3.05) is 12.4 Å². The summed E-state index contributed by atoms with van der Waals surface area (Å²) in [5.41, 5.74) is 1.80. The zero-order chi connectivity index (χ0) is 14.7. The first-order valence-corrected chi connectivity index (χ1v) is 8.09. The van der Waals surface area contributed by atoms with Crippen LogP contribution in [0.15, 0.2) is 0 Å². The molecule has 6 heteroatoms. The Morgan fingerprint density at radius 1 is 1.50 bits per heavy atom. The van der Waals surface area contributed by atoms with Crippen molar-refractivity contribution in [1.82, 2.24) is 5.32 Å². The van der Waals surface area contributed by atoms with Crippen LogP contribution in [0.25, 0.3) is 0 Å². The number of methoxy groups -OCH3 is 1. The number of rotatable bonds is 4. The van der Waals surface area contributed by atoms with Crippen LogP contribution in [-0.4, -0.2) is 24.2 Å². The number of anilines is 1. The van der Waals surface area contributed by atoms with Crippen LogP contribution in [0.1, 0.15) is 47.5 Å².